The maximum absolute atomic E-state index is 12.2. The molecule has 1 N–H and O–H groups in total. The first-order valence-corrected chi connectivity index (χ1v) is 6.53. The fourth-order valence-electron chi connectivity index (χ4n) is 2.62. The van der Waals surface area contributed by atoms with Crippen molar-refractivity contribution in [1.29, 1.82) is 0 Å². The number of carbonyl (C=O) groups excluding carboxylic acids is 1. The predicted molar refractivity (Wildman–Crippen MR) is 64.9 cm³/mol. The second-order valence-corrected chi connectivity index (χ2v) is 5.50. The van der Waals surface area contributed by atoms with Crippen LogP contribution < -0.4 is 5.32 Å². The summed E-state index contributed by atoms with van der Waals surface area (Å²) in [5.74, 6) is 3.05. The molecule has 1 aromatic heterocycles. The van der Waals surface area contributed by atoms with E-state index in [9.17, 15) is 4.79 Å². The summed E-state index contributed by atoms with van der Waals surface area (Å²) in [6, 6.07) is 2.25. The number of amides is 1. The first-order valence-electron chi connectivity index (χ1n) is 6.53. The Balaban J connectivity index is 1.71. The zero-order valence-corrected chi connectivity index (χ0v) is 10.5. The van der Waals surface area contributed by atoms with Crippen molar-refractivity contribution in [2.75, 3.05) is 0 Å². The third kappa shape index (κ3) is 2.24. The van der Waals surface area contributed by atoms with Crippen LogP contribution in [0.4, 0.5) is 0 Å². The topological polar surface area (TPSA) is 42.2 Å². The lowest BCUT2D eigenvalue weighted by Crippen LogP contribution is -2.38. The summed E-state index contributed by atoms with van der Waals surface area (Å²) in [6.07, 6.45) is 5.13. The summed E-state index contributed by atoms with van der Waals surface area (Å²) in [7, 11) is 0. The number of aryl methyl sites for hydroxylation is 2. The minimum atomic E-state index is 0.0446. The molecule has 2 aliphatic carbocycles. The van der Waals surface area contributed by atoms with Gasteiger partial charge in [-0.2, -0.15) is 0 Å². The Kier molecular flexibility index (Phi) is 2.49. The lowest BCUT2D eigenvalue weighted by molar-refractivity contribution is 0.0925. The molecule has 3 rings (SSSR count). The van der Waals surface area contributed by atoms with Crippen molar-refractivity contribution in [3.8, 4) is 0 Å². The quantitative estimate of drug-likeness (QED) is 0.869. The molecule has 2 fully saturated rings. The lowest BCUT2D eigenvalue weighted by atomic mass is 10.1. The van der Waals surface area contributed by atoms with Crippen LogP contribution in [-0.2, 0) is 0 Å². The maximum atomic E-state index is 12.2. The Morgan fingerprint density at radius 3 is 2.29 bits per heavy atom. The highest BCUT2D eigenvalue weighted by Gasteiger charge is 2.42. The van der Waals surface area contributed by atoms with Crippen molar-refractivity contribution in [2.45, 2.75) is 45.6 Å². The van der Waals surface area contributed by atoms with Crippen LogP contribution in [0.5, 0.6) is 0 Å². The molecule has 0 aliphatic heterocycles. The zero-order chi connectivity index (χ0) is 12.0. The van der Waals surface area contributed by atoms with Crippen LogP contribution in [0.1, 0.15) is 47.6 Å². The monoisotopic (exact) mass is 233 g/mol. The van der Waals surface area contributed by atoms with E-state index in [1.807, 2.05) is 19.9 Å². The zero-order valence-electron chi connectivity index (χ0n) is 10.5. The van der Waals surface area contributed by atoms with Crippen molar-refractivity contribution in [3.05, 3.63) is 23.2 Å². The fraction of sp³-hybridized carbons (Fsp3) is 0.643. The highest BCUT2D eigenvalue weighted by molar-refractivity contribution is 5.95. The molecule has 92 valence electrons. The molecule has 0 atom stereocenters. The van der Waals surface area contributed by atoms with Crippen molar-refractivity contribution in [1.82, 2.24) is 5.32 Å². The predicted octanol–water partition coefficient (Wildman–Crippen LogP) is 2.81. The molecule has 3 nitrogen and oxygen atoms in total. The van der Waals surface area contributed by atoms with Gasteiger partial charge in [-0.3, -0.25) is 4.79 Å². The Hall–Kier alpha value is -1.25. The van der Waals surface area contributed by atoms with Crippen LogP contribution in [0.2, 0.25) is 0 Å². The molecular weight excluding hydrogens is 214 g/mol. The van der Waals surface area contributed by atoms with E-state index in [1.165, 1.54) is 25.7 Å². The van der Waals surface area contributed by atoms with Crippen LogP contribution in [-0.4, -0.2) is 11.9 Å². The maximum Gasteiger partial charge on any atom is 0.255 e. The molecule has 0 spiro atoms. The molecule has 0 saturated heterocycles. The summed E-state index contributed by atoms with van der Waals surface area (Å²) >= 11 is 0. The lowest BCUT2D eigenvalue weighted by Gasteiger charge is -2.17. The Bertz CT molecular complexity index is 429. The van der Waals surface area contributed by atoms with E-state index in [-0.39, 0.29) is 5.91 Å². The molecule has 1 aromatic rings. The van der Waals surface area contributed by atoms with E-state index < -0.39 is 0 Å². The van der Waals surface area contributed by atoms with Gasteiger partial charge in [-0.1, -0.05) is 0 Å². The second kappa shape index (κ2) is 3.90. The number of hydrogen-bond donors (Lipinski definition) is 1. The van der Waals surface area contributed by atoms with Gasteiger partial charge < -0.3 is 9.73 Å². The molecule has 1 heterocycles. The van der Waals surface area contributed by atoms with E-state index >= 15 is 0 Å². The largest absolute Gasteiger partial charge is 0.466 e. The van der Waals surface area contributed by atoms with Gasteiger partial charge in [0.25, 0.3) is 5.91 Å². The van der Waals surface area contributed by atoms with Crippen LogP contribution in [0.15, 0.2) is 10.5 Å². The SMILES string of the molecule is Cc1cc(C(=O)NC(C2CC2)C2CC2)c(C)o1. The smallest absolute Gasteiger partial charge is 0.255 e. The van der Waals surface area contributed by atoms with E-state index in [0.29, 0.717) is 11.6 Å². The van der Waals surface area contributed by atoms with Gasteiger partial charge in [0.2, 0.25) is 0 Å². The van der Waals surface area contributed by atoms with Gasteiger partial charge in [0, 0.05) is 6.04 Å². The van der Waals surface area contributed by atoms with Gasteiger partial charge in [-0.25, -0.2) is 0 Å². The number of hydrogen-bond acceptors (Lipinski definition) is 2. The molecule has 2 saturated carbocycles. The minimum absolute atomic E-state index is 0.0446. The van der Waals surface area contributed by atoms with Crippen LogP contribution in [0.3, 0.4) is 0 Å². The van der Waals surface area contributed by atoms with Gasteiger partial charge in [0.05, 0.1) is 5.56 Å². The van der Waals surface area contributed by atoms with Crippen molar-refractivity contribution < 1.29 is 9.21 Å². The van der Waals surface area contributed by atoms with Crippen LogP contribution in [0, 0.1) is 25.7 Å². The minimum Gasteiger partial charge on any atom is -0.466 e. The van der Waals surface area contributed by atoms with Crippen molar-refractivity contribution in [2.24, 2.45) is 11.8 Å². The summed E-state index contributed by atoms with van der Waals surface area (Å²) in [6.45, 7) is 3.73. The molecule has 2 aliphatic rings. The molecule has 0 aromatic carbocycles. The number of rotatable bonds is 4. The Morgan fingerprint density at radius 2 is 1.88 bits per heavy atom. The first-order chi connectivity index (χ1) is 8.15. The molecule has 17 heavy (non-hydrogen) atoms. The normalized spacial score (nSPS) is 19.7. The molecule has 0 unspecified atom stereocenters. The standard InChI is InChI=1S/C14H19NO2/c1-8-7-12(9(2)17-8)14(16)15-13(10-3-4-10)11-5-6-11/h7,10-11,13H,3-6H2,1-2H3,(H,15,16). The van der Waals surface area contributed by atoms with E-state index in [2.05, 4.69) is 5.32 Å². The summed E-state index contributed by atoms with van der Waals surface area (Å²) < 4.78 is 5.41. The highest BCUT2D eigenvalue weighted by atomic mass is 16.3. The number of furan rings is 1. The van der Waals surface area contributed by atoms with E-state index in [0.717, 1.165) is 23.4 Å². The Morgan fingerprint density at radius 1 is 1.29 bits per heavy atom. The summed E-state index contributed by atoms with van der Waals surface area (Å²) in [5.41, 5.74) is 0.703. The third-order valence-corrected chi connectivity index (χ3v) is 3.84. The van der Waals surface area contributed by atoms with E-state index in [1.54, 1.807) is 0 Å². The van der Waals surface area contributed by atoms with Gasteiger partial charge in [0.15, 0.2) is 0 Å². The average Bonchev–Trinajstić information content (AvgIpc) is 3.13. The second-order valence-electron chi connectivity index (χ2n) is 5.50. The molecule has 3 heteroatoms. The average molecular weight is 233 g/mol. The van der Waals surface area contributed by atoms with Gasteiger partial charge in [-0.15, -0.1) is 0 Å². The fourth-order valence-corrected chi connectivity index (χ4v) is 2.62. The molecule has 0 bridgehead atoms. The molecule has 1 amide bonds. The van der Waals surface area contributed by atoms with E-state index in [4.69, 9.17) is 4.42 Å². The summed E-state index contributed by atoms with van der Waals surface area (Å²) in [4.78, 5) is 12.2. The molecular formula is C14H19NO2. The Labute approximate surface area is 102 Å². The number of nitrogens with one attached hydrogen (secondary N) is 1. The van der Waals surface area contributed by atoms with Crippen molar-refractivity contribution in [3.63, 3.8) is 0 Å². The molecule has 0 radical (unpaired) electrons. The summed E-state index contributed by atoms with van der Waals surface area (Å²) in [5, 5.41) is 3.21. The van der Waals surface area contributed by atoms with Crippen molar-refractivity contribution >= 4 is 5.91 Å². The van der Waals surface area contributed by atoms with Gasteiger partial charge in [0.1, 0.15) is 11.5 Å². The van der Waals surface area contributed by atoms with Gasteiger partial charge in [-0.05, 0) is 57.4 Å². The third-order valence-electron chi connectivity index (χ3n) is 3.84. The highest BCUT2D eigenvalue weighted by Crippen LogP contribution is 2.44. The first kappa shape index (κ1) is 10.9. The van der Waals surface area contributed by atoms with Gasteiger partial charge >= 0.3 is 0 Å². The van der Waals surface area contributed by atoms with Crippen LogP contribution >= 0.6 is 0 Å². The number of carbonyl (C=O) groups is 1. The van der Waals surface area contributed by atoms with Crippen LogP contribution in [0.25, 0.3) is 0 Å².